The van der Waals surface area contributed by atoms with Gasteiger partial charge in [-0.25, -0.2) is 9.78 Å². The summed E-state index contributed by atoms with van der Waals surface area (Å²) in [5.74, 6) is 0.535. The highest BCUT2D eigenvalue weighted by molar-refractivity contribution is 7.99. The van der Waals surface area contributed by atoms with Crippen LogP contribution in [-0.4, -0.2) is 72.0 Å². The quantitative estimate of drug-likeness (QED) is 0.359. The van der Waals surface area contributed by atoms with E-state index >= 15 is 0 Å². The van der Waals surface area contributed by atoms with E-state index in [1.165, 1.54) is 31.3 Å². The van der Waals surface area contributed by atoms with Crippen LogP contribution in [0.15, 0.2) is 54.5 Å². The lowest BCUT2D eigenvalue weighted by Gasteiger charge is -2.33. The first-order valence-electron chi connectivity index (χ1n) is 9.38. The molecule has 9 heteroatoms. The second kappa shape index (κ2) is 10.7. The second-order valence-electron chi connectivity index (χ2n) is 6.41. The minimum absolute atomic E-state index is 0.0858. The van der Waals surface area contributed by atoms with Crippen LogP contribution in [0.3, 0.4) is 0 Å². The summed E-state index contributed by atoms with van der Waals surface area (Å²) in [6.45, 7) is 5.23. The van der Waals surface area contributed by atoms with Gasteiger partial charge in [0.1, 0.15) is 23.5 Å². The first-order valence-corrected chi connectivity index (χ1v) is 10.4. The number of pyridine rings is 2. The summed E-state index contributed by atoms with van der Waals surface area (Å²) in [5.41, 5.74) is 0.874. The van der Waals surface area contributed by atoms with Crippen LogP contribution in [0.5, 0.6) is 5.75 Å². The largest absolute Gasteiger partial charge is 0.489 e. The lowest BCUT2D eigenvalue weighted by molar-refractivity contribution is -0.0402. The molecule has 8 nitrogen and oxygen atoms in total. The standard InChI is InChI=1S/C21H23N3O5S/c1-3-9-30-19-18(5-4-6-23-19)20(25)24-7-8-28-17(13-24)14-29-16-10-15(11-22-12-16)21(26)27-2/h3-6,10-12,17H,1,7-9,13-14H2,2H3. The van der Waals surface area contributed by atoms with Crippen molar-refractivity contribution in [1.29, 1.82) is 0 Å². The fourth-order valence-electron chi connectivity index (χ4n) is 2.90. The van der Waals surface area contributed by atoms with Crippen molar-refractivity contribution in [3.8, 4) is 5.75 Å². The van der Waals surface area contributed by atoms with Crippen LogP contribution in [0.25, 0.3) is 0 Å². The van der Waals surface area contributed by atoms with Crippen molar-refractivity contribution in [1.82, 2.24) is 14.9 Å². The van der Waals surface area contributed by atoms with Crippen molar-refractivity contribution < 1.29 is 23.8 Å². The number of nitrogens with zero attached hydrogens (tertiary/aromatic N) is 3. The van der Waals surface area contributed by atoms with Gasteiger partial charge in [-0.2, -0.15) is 0 Å². The van der Waals surface area contributed by atoms with Crippen LogP contribution in [0, 0.1) is 0 Å². The molecule has 158 valence electrons. The number of ether oxygens (including phenoxy) is 3. The highest BCUT2D eigenvalue weighted by atomic mass is 32.2. The summed E-state index contributed by atoms with van der Waals surface area (Å²) in [4.78, 5) is 34.7. The van der Waals surface area contributed by atoms with Gasteiger partial charge >= 0.3 is 5.97 Å². The molecule has 0 N–H and O–H groups in total. The van der Waals surface area contributed by atoms with Gasteiger partial charge < -0.3 is 19.1 Å². The zero-order valence-corrected chi connectivity index (χ0v) is 17.5. The molecule has 2 aromatic heterocycles. The van der Waals surface area contributed by atoms with Crippen LogP contribution < -0.4 is 4.74 Å². The Labute approximate surface area is 179 Å². The molecule has 1 unspecified atom stereocenters. The third-order valence-corrected chi connectivity index (χ3v) is 5.34. The topological polar surface area (TPSA) is 90.9 Å². The van der Waals surface area contributed by atoms with Crippen molar-refractivity contribution in [3.05, 3.63) is 60.6 Å². The fourth-order valence-corrected chi connectivity index (χ4v) is 3.62. The third-order valence-electron chi connectivity index (χ3n) is 4.34. The van der Waals surface area contributed by atoms with E-state index in [9.17, 15) is 9.59 Å². The van der Waals surface area contributed by atoms with Crippen LogP contribution in [0.1, 0.15) is 20.7 Å². The summed E-state index contributed by atoms with van der Waals surface area (Å²) >= 11 is 1.48. The summed E-state index contributed by atoms with van der Waals surface area (Å²) in [6.07, 6.45) is 6.07. The summed E-state index contributed by atoms with van der Waals surface area (Å²) in [5, 5.41) is 0.687. The van der Waals surface area contributed by atoms with Crippen LogP contribution in [0.4, 0.5) is 0 Å². The van der Waals surface area contributed by atoms with E-state index in [-0.39, 0.29) is 18.6 Å². The summed E-state index contributed by atoms with van der Waals surface area (Å²) in [7, 11) is 1.31. The SMILES string of the molecule is C=CCSc1ncccc1C(=O)N1CCOC(COc2cncc(C(=O)OC)c2)C1. The minimum atomic E-state index is -0.486. The number of esters is 1. The number of amides is 1. The average molecular weight is 429 g/mol. The van der Waals surface area contributed by atoms with Gasteiger partial charge in [-0.15, -0.1) is 18.3 Å². The molecule has 0 bridgehead atoms. The smallest absolute Gasteiger partial charge is 0.339 e. The van der Waals surface area contributed by atoms with E-state index in [4.69, 9.17) is 9.47 Å². The number of hydrogen-bond donors (Lipinski definition) is 0. The number of carbonyl (C=O) groups is 2. The molecule has 2 aromatic rings. The summed E-state index contributed by atoms with van der Waals surface area (Å²) in [6, 6.07) is 5.10. The van der Waals surface area contributed by atoms with E-state index in [0.29, 0.717) is 47.4 Å². The predicted octanol–water partition coefficient (Wildman–Crippen LogP) is 2.46. The van der Waals surface area contributed by atoms with Crippen molar-refractivity contribution in [2.45, 2.75) is 11.1 Å². The Morgan fingerprint density at radius 3 is 3.10 bits per heavy atom. The molecule has 1 aliphatic heterocycles. The molecule has 1 aliphatic rings. The van der Waals surface area contributed by atoms with Gasteiger partial charge in [0.05, 0.1) is 37.6 Å². The van der Waals surface area contributed by atoms with Gasteiger partial charge in [-0.3, -0.25) is 9.78 Å². The maximum atomic E-state index is 13.0. The third kappa shape index (κ3) is 5.58. The van der Waals surface area contributed by atoms with Gasteiger partial charge in [-0.1, -0.05) is 6.08 Å². The Bertz CT molecular complexity index is 908. The molecule has 1 atom stereocenters. The number of thioether (sulfide) groups is 1. The molecule has 0 saturated carbocycles. The number of carbonyl (C=O) groups excluding carboxylic acids is 2. The van der Waals surface area contributed by atoms with Crippen LogP contribution in [-0.2, 0) is 9.47 Å². The van der Waals surface area contributed by atoms with Crippen molar-refractivity contribution in [3.63, 3.8) is 0 Å². The zero-order valence-electron chi connectivity index (χ0n) is 16.7. The van der Waals surface area contributed by atoms with Crippen LogP contribution >= 0.6 is 11.8 Å². The van der Waals surface area contributed by atoms with Crippen molar-refractivity contribution in [2.75, 3.05) is 39.2 Å². The van der Waals surface area contributed by atoms with Crippen molar-refractivity contribution in [2.24, 2.45) is 0 Å². The van der Waals surface area contributed by atoms with E-state index < -0.39 is 5.97 Å². The molecule has 0 spiro atoms. The zero-order chi connectivity index (χ0) is 21.3. The Hall–Kier alpha value is -2.91. The Kier molecular flexibility index (Phi) is 7.81. The second-order valence-corrected chi connectivity index (χ2v) is 7.42. The van der Waals surface area contributed by atoms with Gasteiger partial charge in [0.15, 0.2) is 0 Å². The molecule has 1 amide bonds. The highest BCUT2D eigenvalue weighted by Crippen LogP contribution is 2.22. The van der Waals surface area contributed by atoms with E-state index in [0.717, 1.165) is 0 Å². The summed E-state index contributed by atoms with van der Waals surface area (Å²) < 4.78 is 16.2. The molecule has 3 heterocycles. The molecular weight excluding hydrogens is 406 g/mol. The molecular formula is C21H23N3O5S. The van der Waals surface area contributed by atoms with E-state index in [1.54, 1.807) is 35.4 Å². The minimum Gasteiger partial charge on any atom is -0.489 e. The fraction of sp³-hybridized carbons (Fsp3) is 0.333. The van der Waals surface area contributed by atoms with E-state index in [2.05, 4.69) is 21.3 Å². The molecule has 1 fully saturated rings. The molecule has 0 aromatic carbocycles. The molecule has 3 rings (SSSR count). The van der Waals surface area contributed by atoms with Gasteiger partial charge in [-0.05, 0) is 18.2 Å². The van der Waals surface area contributed by atoms with Gasteiger partial charge in [0.2, 0.25) is 0 Å². The first kappa shape index (κ1) is 21.8. The maximum absolute atomic E-state index is 13.0. The van der Waals surface area contributed by atoms with E-state index in [1.807, 2.05) is 0 Å². The Morgan fingerprint density at radius 1 is 1.43 bits per heavy atom. The number of rotatable bonds is 8. The number of morpholine rings is 1. The van der Waals surface area contributed by atoms with Gasteiger partial charge in [0.25, 0.3) is 5.91 Å². The molecule has 0 aliphatic carbocycles. The molecule has 1 saturated heterocycles. The Balaban J connectivity index is 1.61. The number of methoxy groups -OCH3 is 1. The van der Waals surface area contributed by atoms with Gasteiger partial charge in [0, 0.05) is 24.7 Å². The Morgan fingerprint density at radius 2 is 2.30 bits per heavy atom. The highest BCUT2D eigenvalue weighted by Gasteiger charge is 2.27. The maximum Gasteiger partial charge on any atom is 0.339 e. The first-order chi connectivity index (χ1) is 14.6. The predicted molar refractivity (Wildman–Crippen MR) is 112 cm³/mol. The number of aromatic nitrogens is 2. The molecule has 0 radical (unpaired) electrons. The van der Waals surface area contributed by atoms with Crippen molar-refractivity contribution >= 4 is 23.6 Å². The number of hydrogen-bond acceptors (Lipinski definition) is 8. The monoisotopic (exact) mass is 429 g/mol. The lowest BCUT2D eigenvalue weighted by Crippen LogP contribution is -2.47. The lowest BCUT2D eigenvalue weighted by atomic mass is 10.2. The van der Waals surface area contributed by atoms with Crippen LogP contribution in [0.2, 0.25) is 0 Å². The normalized spacial score (nSPS) is 16.0. The average Bonchev–Trinajstić information content (AvgIpc) is 2.81. The molecule has 30 heavy (non-hydrogen) atoms.